The number of hydrogen-bond acceptors (Lipinski definition) is 4. The zero-order valence-electron chi connectivity index (χ0n) is 18.6. The lowest BCUT2D eigenvalue weighted by molar-refractivity contribution is 0.525. The van der Waals surface area contributed by atoms with Crippen LogP contribution in [0.25, 0.3) is 0 Å². The molecule has 4 nitrogen and oxygen atoms in total. The van der Waals surface area contributed by atoms with E-state index in [4.69, 9.17) is 0 Å². The van der Waals surface area contributed by atoms with Gasteiger partial charge in [0.05, 0.1) is 0 Å². The Balaban J connectivity index is 1.70. The minimum absolute atomic E-state index is 0.935. The highest BCUT2D eigenvalue weighted by molar-refractivity contribution is 4.89. The van der Waals surface area contributed by atoms with Crippen molar-refractivity contribution in [3.8, 4) is 0 Å². The molecule has 1 rings (SSSR count). The van der Waals surface area contributed by atoms with E-state index in [1.807, 2.05) is 0 Å². The zero-order valence-corrected chi connectivity index (χ0v) is 18.6. The molecule has 27 heavy (non-hydrogen) atoms. The lowest BCUT2D eigenvalue weighted by atomic mass is 10.2. The fourth-order valence-corrected chi connectivity index (χ4v) is 3.64. The van der Waals surface area contributed by atoms with Crippen LogP contribution in [0.1, 0.15) is 84.5 Å². The zero-order chi connectivity index (χ0) is 19.4. The molecule has 0 aliphatic heterocycles. The third kappa shape index (κ3) is 16.5. The highest BCUT2D eigenvalue weighted by Crippen LogP contribution is 2.36. The van der Waals surface area contributed by atoms with Crippen molar-refractivity contribution in [2.45, 2.75) is 84.5 Å². The van der Waals surface area contributed by atoms with Crippen LogP contribution >= 0.6 is 0 Å². The van der Waals surface area contributed by atoms with Crippen molar-refractivity contribution in [1.29, 1.82) is 0 Å². The molecule has 4 heteroatoms. The van der Waals surface area contributed by atoms with E-state index in [9.17, 15) is 0 Å². The summed E-state index contributed by atoms with van der Waals surface area (Å²) >= 11 is 0. The van der Waals surface area contributed by atoms with E-state index >= 15 is 0 Å². The van der Waals surface area contributed by atoms with E-state index in [-0.39, 0.29) is 0 Å². The standard InChI is InChI=1S/C23H50N4/c1-3-5-7-13-24-15-9-11-17-26-20-22-19-23(22)21-27-18-12-10-16-25-14-8-6-4-2/h22-27H,3-21H2,1-2H3/t22-,23-/m1/s1. The first-order chi connectivity index (χ1) is 13.4. The summed E-state index contributed by atoms with van der Waals surface area (Å²) in [5.74, 6) is 1.87. The summed E-state index contributed by atoms with van der Waals surface area (Å²) in [5.41, 5.74) is 0. The van der Waals surface area contributed by atoms with Gasteiger partial charge in [0.15, 0.2) is 0 Å². The van der Waals surface area contributed by atoms with Gasteiger partial charge in [-0.3, -0.25) is 0 Å². The van der Waals surface area contributed by atoms with Crippen LogP contribution in [0.2, 0.25) is 0 Å². The molecule has 0 radical (unpaired) electrons. The van der Waals surface area contributed by atoms with Gasteiger partial charge in [-0.1, -0.05) is 39.5 Å². The molecule has 0 heterocycles. The molecule has 0 bridgehead atoms. The first-order valence-corrected chi connectivity index (χ1v) is 12.2. The van der Waals surface area contributed by atoms with Gasteiger partial charge in [0.2, 0.25) is 0 Å². The molecule has 162 valence electrons. The van der Waals surface area contributed by atoms with Crippen molar-refractivity contribution in [3.63, 3.8) is 0 Å². The second-order valence-corrected chi connectivity index (χ2v) is 8.49. The van der Waals surface area contributed by atoms with Crippen molar-refractivity contribution in [2.24, 2.45) is 11.8 Å². The summed E-state index contributed by atoms with van der Waals surface area (Å²) in [5, 5.41) is 14.4. The van der Waals surface area contributed by atoms with Crippen LogP contribution in [-0.2, 0) is 0 Å². The summed E-state index contributed by atoms with van der Waals surface area (Å²) < 4.78 is 0. The van der Waals surface area contributed by atoms with Crippen LogP contribution in [0.4, 0.5) is 0 Å². The topological polar surface area (TPSA) is 48.1 Å². The van der Waals surface area contributed by atoms with Crippen LogP contribution < -0.4 is 21.3 Å². The van der Waals surface area contributed by atoms with Gasteiger partial charge in [0.1, 0.15) is 0 Å². The maximum Gasteiger partial charge on any atom is -0.00173 e. The van der Waals surface area contributed by atoms with E-state index in [0.717, 1.165) is 11.8 Å². The summed E-state index contributed by atoms with van der Waals surface area (Å²) in [4.78, 5) is 0. The molecule has 1 aliphatic carbocycles. The average molecular weight is 383 g/mol. The van der Waals surface area contributed by atoms with Gasteiger partial charge in [-0.25, -0.2) is 0 Å². The molecule has 0 unspecified atom stereocenters. The smallest absolute Gasteiger partial charge is 0.00173 e. The van der Waals surface area contributed by atoms with E-state index in [1.165, 1.54) is 123 Å². The Kier molecular flexibility index (Phi) is 17.7. The van der Waals surface area contributed by atoms with Gasteiger partial charge in [0, 0.05) is 0 Å². The lowest BCUT2D eigenvalue weighted by Crippen LogP contribution is -2.24. The highest BCUT2D eigenvalue weighted by atomic mass is 14.9. The normalized spacial score (nSPS) is 18.9. The average Bonchev–Trinajstić information content (AvgIpc) is 3.43. The third-order valence-corrected chi connectivity index (χ3v) is 5.71. The summed E-state index contributed by atoms with van der Waals surface area (Å²) in [6.45, 7) is 14.2. The van der Waals surface area contributed by atoms with Gasteiger partial charge < -0.3 is 21.3 Å². The van der Waals surface area contributed by atoms with E-state index in [0.29, 0.717) is 0 Å². The minimum atomic E-state index is 0.935. The number of hydrogen-bond donors (Lipinski definition) is 4. The third-order valence-electron chi connectivity index (χ3n) is 5.71. The van der Waals surface area contributed by atoms with E-state index < -0.39 is 0 Å². The molecule has 0 aromatic carbocycles. The van der Waals surface area contributed by atoms with Gasteiger partial charge in [0.25, 0.3) is 0 Å². The van der Waals surface area contributed by atoms with Crippen LogP contribution in [0.5, 0.6) is 0 Å². The molecule has 1 fully saturated rings. The maximum atomic E-state index is 3.66. The molecule has 1 aliphatic rings. The first-order valence-electron chi connectivity index (χ1n) is 12.2. The Labute approximate surface area is 170 Å². The molecule has 0 aromatic rings. The molecule has 4 N–H and O–H groups in total. The lowest BCUT2D eigenvalue weighted by Gasteiger charge is -2.07. The van der Waals surface area contributed by atoms with Crippen molar-refractivity contribution in [1.82, 2.24) is 21.3 Å². The van der Waals surface area contributed by atoms with Crippen LogP contribution in [-0.4, -0.2) is 52.4 Å². The summed E-state index contributed by atoms with van der Waals surface area (Å²) in [6, 6.07) is 0. The summed E-state index contributed by atoms with van der Waals surface area (Å²) in [6.07, 6.45) is 14.7. The molecule has 0 amide bonds. The molecule has 0 spiro atoms. The Hall–Kier alpha value is -0.160. The molecule has 1 saturated carbocycles. The van der Waals surface area contributed by atoms with Gasteiger partial charge >= 0.3 is 0 Å². The van der Waals surface area contributed by atoms with E-state index in [2.05, 4.69) is 35.1 Å². The SMILES string of the molecule is CCCCCNCCCCNC[C@H]1C[C@@H]1CNCCCCNCCCCC. The molecule has 0 aromatic heterocycles. The van der Waals surface area contributed by atoms with Crippen molar-refractivity contribution < 1.29 is 0 Å². The Bertz CT molecular complexity index is 270. The van der Waals surface area contributed by atoms with Gasteiger partial charge in [-0.15, -0.1) is 0 Å². The molecule has 2 atom stereocenters. The van der Waals surface area contributed by atoms with Crippen LogP contribution in [0, 0.1) is 11.8 Å². The molecular weight excluding hydrogens is 332 g/mol. The van der Waals surface area contributed by atoms with Crippen molar-refractivity contribution >= 4 is 0 Å². The summed E-state index contributed by atoms with van der Waals surface area (Å²) in [7, 11) is 0. The van der Waals surface area contributed by atoms with E-state index in [1.54, 1.807) is 0 Å². The molecule has 0 saturated heterocycles. The second-order valence-electron chi connectivity index (χ2n) is 8.49. The fourth-order valence-electron chi connectivity index (χ4n) is 3.64. The number of rotatable bonds is 22. The Morgan fingerprint density at radius 2 is 0.815 bits per heavy atom. The van der Waals surface area contributed by atoms with Crippen LogP contribution in [0.15, 0.2) is 0 Å². The fraction of sp³-hybridized carbons (Fsp3) is 1.00. The van der Waals surface area contributed by atoms with Gasteiger partial charge in [-0.2, -0.15) is 0 Å². The monoisotopic (exact) mass is 382 g/mol. The predicted molar refractivity (Wildman–Crippen MR) is 121 cm³/mol. The largest absolute Gasteiger partial charge is 0.317 e. The minimum Gasteiger partial charge on any atom is -0.317 e. The van der Waals surface area contributed by atoms with Crippen molar-refractivity contribution in [3.05, 3.63) is 0 Å². The number of nitrogens with one attached hydrogen (secondary N) is 4. The number of unbranched alkanes of at least 4 members (excludes halogenated alkanes) is 6. The highest BCUT2D eigenvalue weighted by Gasteiger charge is 2.35. The first kappa shape index (κ1) is 24.9. The van der Waals surface area contributed by atoms with Crippen LogP contribution in [0.3, 0.4) is 0 Å². The second kappa shape index (κ2) is 19.2. The Morgan fingerprint density at radius 1 is 0.481 bits per heavy atom. The quantitative estimate of drug-likeness (QED) is 0.214. The van der Waals surface area contributed by atoms with Crippen molar-refractivity contribution in [2.75, 3.05) is 52.4 Å². The van der Waals surface area contributed by atoms with Gasteiger partial charge in [-0.05, 0) is 109 Å². The predicted octanol–water partition coefficient (Wildman–Crippen LogP) is 3.92. The molecular formula is C23H50N4. The Morgan fingerprint density at radius 3 is 1.19 bits per heavy atom. The maximum absolute atomic E-state index is 3.66.